The Labute approximate surface area is 273 Å². The molecule has 0 saturated carbocycles. The van der Waals surface area contributed by atoms with Gasteiger partial charge >= 0.3 is 0 Å². The van der Waals surface area contributed by atoms with Gasteiger partial charge in [0.15, 0.2) is 0 Å². The largest absolute Gasteiger partial charge is 0.275 e. The quantitative estimate of drug-likeness (QED) is 0.180. The number of aromatic nitrogens is 1. The summed E-state index contributed by atoms with van der Waals surface area (Å²) in [5.41, 5.74) is 13.0. The Kier molecular flexibility index (Phi) is 6.29. The number of hydrogen-bond donors (Lipinski definition) is 0. The number of nitrogens with zero attached hydrogens (tertiary/aromatic N) is 1. The number of aryl methyl sites for hydroxylation is 1. The minimum Gasteiger partial charge on any atom is -0.275 e. The molecule has 0 aliphatic heterocycles. The maximum atomic E-state index is 14.0. The van der Waals surface area contributed by atoms with Gasteiger partial charge in [-0.2, -0.15) is 0 Å². The molecule has 0 fully saturated rings. The van der Waals surface area contributed by atoms with Crippen LogP contribution in [0.3, 0.4) is 0 Å². The fraction of sp³-hybridized carbons (Fsp3) is 0.0444. The topological polar surface area (TPSA) is 21.5 Å². The van der Waals surface area contributed by atoms with Crippen molar-refractivity contribution in [2.75, 3.05) is 0 Å². The zero-order chi connectivity index (χ0) is 31.5. The Morgan fingerprint density at radius 3 is 1.85 bits per heavy atom. The first-order chi connectivity index (χ1) is 23.1. The van der Waals surface area contributed by atoms with Gasteiger partial charge in [0.25, 0.3) is 5.56 Å². The molecule has 7 aromatic carbocycles. The number of benzene rings is 7. The van der Waals surface area contributed by atoms with E-state index in [0.717, 1.165) is 66.6 Å². The molecule has 0 aliphatic rings. The van der Waals surface area contributed by atoms with E-state index in [1.54, 1.807) is 0 Å². The Morgan fingerprint density at radius 2 is 1.06 bits per heavy atom. The summed E-state index contributed by atoms with van der Waals surface area (Å²) in [6, 6.07) is 55.8. The van der Waals surface area contributed by atoms with Crippen molar-refractivity contribution in [1.82, 2.24) is 4.40 Å². The summed E-state index contributed by atoms with van der Waals surface area (Å²) in [7, 11) is 0. The molecule has 0 amide bonds. The van der Waals surface area contributed by atoms with Crippen molar-refractivity contribution < 1.29 is 0 Å². The number of rotatable bonds is 5. The van der Waals surface area contributed by atoms with Crippen LogP contribution in [0, 0.1) is 6.92 Å². The van der Waals surface area contributed by atoms with Crippen LogP contribution in [0.15, 0.2) is 163 Å². The first-order valence-electron chi connectivity index (χ1n) is 16.2. The molecule has 0 bridgehead atoms. The van der Waals surface area contributed by atoms with E-state index in [1.165, 1.54) is 27.8 Å². The Bertz CT molecular complexity index is 2670. The third kappa shape index (κ3) is 4.45. The normalized spacial score (nSPS) is 11.7. The molecule has 0 N–H and O–H groups in total. The summed E-state index contributed by atoms with van der Waals surface area (Å²) in [6.07, 6.45) is 0.866. The number of fused-ring (bicyclic) bond motifs is 5. The molecule has 2 heteroatoms. The van der Waals surface area contributed by atoms with E-state index in [1.807, 2.05) is 28.7 Å². The van der Waals surface area contributed by atoms with Gasteiger partial charge in [-0.3, -0.25) is 9.20 Å². The monoisotopic (exact) mass is 601 g/mol. The molecule has 2 heterocycles. The Hall–Kier alpha value is -5.99. The van der Waals surface area contributed by atoms with Crippen molar-refractivity contribution in [2.45, 2.75) is 13.3 Å². The van der Waals surface area contributed by atoms with Crippen molar-refractivity contribution in [1.29, 1.82) is 0 Å². The van der Waals surface area contributed by atoms with Crippen LogP contribution < -0.4 is 5.56 Å². The van der Waals surface area contributed by atoms with E-state index in [4.69, 9.17) is 0 Å². The zero-order valence-electron chi connectivity index (χ0n) is 26.1. The predicted octanol–water partition coefficient (Wildman–Crippen LogP) is 11.1. The molecule has 0 atom stereocenters. The summed E-state index contributed by atoms with van der Waals surface area (Å²) < 4.78 is 1.93. The number of hydrogen-bond acceptors (Lipinski definition) is 1. The minimum atomic E-state index is 0.0311. The van der Waals surface area contributed by atoms with E-state index < -0.39 is 0 Å². The van der Waals surface area contributed by atoms with E-state index in [2.05, 4.69) is 140 Å². The summed E-state index contributed by atoms with van der Waals surface area (Å²) in [6.45, 7) is 2.18. The highest BCUT2D eigenvalue weighted by Crippen LogP contribution is 2.39. The lowest BCUT2D eigenvalue weighted by atomic mass is 9.92. The van der Waals surface area contributed by atoms with Crippen LogP contribution in [0.5, 0.6) is 0 Å². The van der Waals surface area contributed by atoms with E-state index >= 15 is 0 Å². The summed E-state index contributed by atoms with van der Waals surface area (Å²) in [5, 5.41) is 5.03. The van der Waals surface area contributed by atoms with Gasteiger partial charge in [0.1, 0.15) is 0 Å². The minimum absolute atomic E-state index is 0.0311. The SMILES string of the molecule is Cc1ccccc1-c1ccccc1Cc1ccc(-c2ccc3c(c2)c2cc(-c4ccccc4)cc4c5ccccc5c(=O)n3c42)cc1. The van der Waals surface area contributed by atoms with Gasteiger partial charge in [-0.05, 0) is 99.1 Å². The standard InChI is InChI=1S/C45H31NO/c1-29-11-5-7-15-36(29)37-16-8-6-14-34(37)25-30-19-21-32(22-20-30)33-23-24-43-40(26-33)42-28-35(31-12-3-2-4-13-31)27-41-38-17-9-10-18-39(38)45(47)46(43)44(41)42/h2-24,26-28H,25H2,1H3. The fourth-order valence-corrected chi connectivity index (χ4v) is 7.41. The predicted molar refractivity (Wildman–Crippen MR) is 198 cm³/mol. The van der Waals surface area contributed by atoms with Crippen molar-refractivity contribution in [3.05, 3.63) is 185 Å². The molecule has 2 aromatic heterocycles. The highest BCUT2D eigenvalue weighted by atomic mass is 16.1. The van der Waals surface area contributed by atoms with E-state index in [-0.39, 0.29) is 5.56 Å². The van der Waals surface area contributed by atoms with Crippen LogP contribution >= 0.6 is 0 Å². The highest BCUT2D eigenvalue weighted by Gasteiger charge is 2.19. The van der Waals surface area contributed by atoms with Crippen LogP contribution in [-0.2, 0) is 6.42 Å². The maximum Gasteiger partial charge on any atom is 0.263 e. The second-order valence-electron chi connectivity index (χ2n) is 12.5. The van der Waals surface area contributed by atoms with Gasteiger partial charge in [0.05, 0.1) is 11.0 Å². The average Bonchev–Trinajstić information content (AvgIpc) is 3.46. The van der Waals surface area contributed by atoms with Gasteiger partial charge in [-0.1, -0.05) is 127 Å². The molecule has 0 spiro atoms. The second kappa shape index (κ2) is 10.8. The molecule has 0 unspecified atom stereocenters. The first-order valence-corrected chi connectivity index (χ1v) is 16.2. The van der Waals surface area contributed by atoms with E-state index in [9.17, 15) is 4.79 Å². The molecule has 0 saturated heterocycles. The van der Waals surface area contributed by atoms with Gasteiger partial charge < -0.3 is 0 Å². The van der Waals surface area contributed by atoms with Crippen molar-refractivity contribution in [3.8, 4) is 33.4 Å². The molecule has 9 aromatic rings. The average molecular weight is 602 g/mol. The van der Waals surface area contributed by atoms with Gasteiger partial charge in [0.2, 0.25) is 0 Å². The van der Waals surface area contributed by atoms with Gasteiger partial charge in [-0.15, -0.1) is 0 Å². The van der Waals surface area contributed by atoms with Crippen molar-refractivity contribution in [2.24, 2.45) is 0 Å². The van der Waals surface area contributed by atoms with Gasteiger partial charge in [0, 0.05) is 21.5 Å². The lowest BCUT2D eigenvalue weighted by molar-refractivity contribution is 1.19. The first kappa shape index (κ1) is 27.3. The molecular weight excluding hydrogens is 571 g/mol. The molecule has 2 nitrogen and oxygen atoms in total. The summed E-state index contributed by atoms with van der Waals surface area (Å²) >= 11 is 0. The molecular formula is C45H31NO. The van der Waals surface area contributed by atoms with Crippen LogP contribution in [0.4, 0.5) is 0 Å². The van der Waals surface area contributed by atoms with Crippen molar-refractivity contribution >= 4 is 38.0 Å². The molecule has 0 radical (unpaired) electrons. The molecule has 222 valence electrons. The van der Waals surface area contributed by atoms with E-state index in [0.29, 0.717) is 0 Å². The van der Waals surface area contributed by atoms with Crippen molar-refractivity contribution in [3.63, 3.8) is 0 Å². The van der Waals surface area contributed by atoms with Crippen LogP contribution in [0.1, 0.15) is 16.7 Å². The Morgan fingerprint density at radius 1 is 0.468 bits per heavy atom. The number of pyridine rings is 1. The van der Waals surface area contributed by atoms with Crippen LogP contribution in [-0.4, -0.2) is 4.40 Å². The third-order valence-corrected chi connectivity index (χ3v) is 9.75. The van der Waals surface area contributed by atoms with Crippen LogP contribution in [0.2, 0.25) is 0 Å². The lowest BCUT2D eigenvalue weighted by Gasteiger charge is -2.12. The fourth-order valence-electron chi connectivity index (χ4n) is 7.41. The zero-order valence-corrected chi connectivity index (χ0v) is 26.1. The summed E-state index contributed by atoms with van der Waals surface area (Å²) in [5.74, 6) is 0. The third-order valence-electron chi connectivity index (χ3n) is 9.75. The smallest absolute Gasteiger partial charge is 0.263 e. The van der Waals surface area contributed by atoms with Crippen LogP contribution in [0.25, 0.3) is 71.3 Å². The lowest BCUT2D eigenvalue weighted by Crippen LogP contribution is -2.12. The Balaban J connectivity index is 1.17. The summed E-state index contributed by atoms with van der Waals surface area (Å²) in [4.78, 5) is 14.0. The highest BCUT2D eigenvalue weighted by molar-refractivity contribution is 6.22. The van der Waals surface area contributed by atoms with Gasteiger partial charge in [-0.25, -0.2) is 0 Å². The molecule has 9 rings (SSSR count). The maximum absolute atomic E-state index is 14.0. The molecule has 47 heavy (non-hydrogen) atoms. The molecule has 0 aliphatic carbocycles. The second-order valence-corrected chi connectivity index (χ2v) is 12.5.